The van der Waals surface area contributed by atoms with Gasteiger partial charge in [-0.1, -0.05) is 18.2 Å². The molecule has 0 aliphatic rings. The number of hydrogen-bond acceptors (Lipinski definition) is 8. The number of carbonyl (C=O) groups is 1. The summed E-state index contributed by atoms with van der Waals surface area (Å²) >= 11 is 1.26. The highest BCUT2D eigenvalue weighted by Crippen LogP contribution is 2.23. The molecule has 1 aromatic heterocycles. The molecule has 2 atom stereocenters. The summed E-state index contributed by atoms with van der Waals surface area (Å²) in [7, 11) is 3.24. The van der Waals surface area contributed by atoms with Crippen LogP contribution in [-0.4, -0.2) is 41.4 Å². The quantitative estimate of drug-likeness (QED) is 0.478. The number of aromatic nitrogens is 2. The van der Waals surface area contributed by atoms with E-state index in [0.29, 0.717) is 28.7 Å². The lowest BCUT2D eigenvalue weighted by molar-refractivity contribution is 0.0974. The molecule has 0 saturated heterocycles. The van der Waals surface area contributed by atoms with Crippen molar-refractivity contribution in [3.63, 3.8) is 0 Å². The average Bonchev–Trinajstić information content (AvgIpc) is 3.20. The average molecular weight is 427 g/mol. The van der Waals surface area contributed by atoms with Gasteiger partial charge in [-0.05, 0) is 37.3 Å². The SMILES string of the molecule is COc1ccc(C(=O)CC(Nc2nc(Cc3ccccc3OC)ns2)C(C)N)cc1. The van der Waals surface area contributed by atoms with Gasteiger partial charge in [0.1, 0.15) is 17.3 Å². The van der Waals surface area contributed by atoms with Crippen LogP contribution >= 0.6 is 11.5 Å². The standard InChI is InChI=1S/C22H26N4O3S/c1-14(23)18(13-19(27)15-8-10-17(28-2)11-9-15)24-22-25-21(26-30-22)12-16-6-4-5-7-20(16)29-3/h4-11,14,18H,12-13,23H2,1-3H3,(H,24,25,26). The van der Waals surface area contributed by atoms with Gasteiger partial charge in [0.15, 0.2) is 5.78 Å². The second-order valence-corrected chi connectivity index (χ2v) is 7.72. The number of hydrogen-bond donors (Lipinski definition) is 2. The second-order valence-electron chi connectivity index (χ2n) is 6.97. The zero-order valence-electron chi connectivity index (χ0n) is 17.3. The third-order valence-corrected chi connectivity index (χ3v) is 5.45. The summed E-state index contributed by atoms with van der Waals surface area (Å²) in [4.78, 5) is 17.2. The van der Waals surface area contributed by atoms with Crippen molar-refractivity contribution in [2.24, 2.45) is 5.73 Å². The molecule has 2 aromatic carbocycles. The molecule has 8 heteroatoms. The Morgan fingerprint density at radius 1 is 1.13 bits per heavy atom. The van der Waals surface area contributed by atoms with E-state index in [-0.39, 0.29) is 24.3 Å². The molecule has 30 heavy (non-hydrogen) atoms. The number of nitrogens with one attached hydrogen (secondary N) is 1. The Bertz CT molecular complexity index is 973. The first-order valence-electron chi connectivity index (χ1n) is 9.64. The van der Waals surface area contributed by atoms with Crippen molar-refractivity contribution < 1.29 is 14.3 Å². The van der Waals surface area contributed by atoms with Crippen LogP contribution < -0.4 is 20.5 Å². The first-order chi connectivity index (χ1) is 14.5. The van der Waals surface area contributed by atoms with Crippen molar-refractivity contribution in [2.45, 2.75) is 31.8 Å². The lowest BCUT2D eigenvalue weighted by Gasteiger charge is -2.21. The molecule has 3 rings (SSSR count). The Kier molecular flexibility index (Phi) is 7.37. The molecule has 0 radical (unpaired) electrons. The van der Waals surface area contributed by atoms with Gasteiger partial charge in [0.25, 0.3) is 0 Å². The lowest BCUT2D eigenvalue weighted by Crippen LogP contribution is -2.39. The molecule has 0 saturated carbocycles. The fourth-order valence-corrected chi connectivity index (χ4v) is 3.67. The van der Waals surface area contributed by atoms with Crippen LogP contribution in [0.25, 0.3) is 0 Å². The predicted octanol–water partition coefficient (Wildman–Crippen LogP) is 3.55. The summed E-state index contributed by atoms with van der Waals surface area (Å²) in [5, 5.41) is 3.92. The zero-order valence-corrected chi connectivity index (χ0v) is 18.1. The molecule has 0 bridgehead atoms. The van der Waals surface area contributed by atoms with E-state index in [2.05, 4.69) is 14.7 Å². The van der Waals surface area contributed by atoms with E-state index in [1.807, 2.05) is 31.2 Å². The number of ether oxygens (including phenoxy) is 2. The van der Waals surface area contributed by atoms with Crippen molar-refractivity contribution in [3.05, 3.63) is 65.5 Å². The Balaban J connectivity index is 1.66. The van der Waals surface area contributed by atoms with E-state index in [1.165, 1.54) is 11.5 Å². The normalized spacial score (nSPS) is 12.8. The Morgan fingerprint density at radius 2 is 1.87 bits per heavy atom. The topological polar surface area (TPSA) is 99.4 Å². The van der Waals surface area contributed by atoms with Crippen LogP contribution in [0.5, 0.6) is 11.5 Å². The molecule has 0 fully saturated rings. The molecule has 2 unspecified atom stereocenters. The van der Waals surface area contributed by atoms with E-state index < -0.39 is 0 Å². The van der Waals surface area contributed by atoms with Gasteiger partial charge in [0.05, 0.1) is 20.3 Å². The van der Waals surface area contributed by atoms with Gasteiger partial charge in [0, 0.05) is 41.5 Å². The summed E-state index contributed by atoms with van der Waals surface area (Å²) in [5.74, 6) is 2.22. The van der Waals surface area contributed by atoms with E-state index in [1.54, 1.807) is 38.5 Å². The zero-order chi connectivity index (χ0) is 21.5. The Labute approximate surface area is 180 Å². The number of Topliss-reactive ketones (excluding diaryl/α,β-unsaturated/α-hetero) is 1. The van der Waals surface area contributed by atoms with Gasteiger partial charge < -0.3 is 20.5 Å². The predicted molar refractivity (Wildman–Crippen MR) is 119 cm³/mol. The van der Waals surface area contributed by atoms with Crippen LogP contribution in [0.1, 0.15) is 35.1 Å². The monoisotopic (exact) mass is 426 g/mol. The van der Waals surface area contributed by atoms with Crippen LogP contribution in [-0.2, 0) is 6.42 Å². The number of para-hydroxylation sites is 1. The van der Waals surface area contributed by atoms with Crippen LogP contribution in [0.2, 0.25) is 0 Å². The third kappa shape index (κ3) is 5.55. The maximum Gasteiger partial charge on any atom is 0.202 e. The van der Waals surface area contributed by atoms with Crippen LogP contribution in [0.15, 0.2) is 48.5 Å². The number of ketones is 1. The van der Waals surface area contributed by atoms with Crippen molar-refractivity contribution in [1.82, 2.24) is 9.36 Å². The molecular formula is C22H26N4O3S. The molecule has 7 nitrogen and oxygen atoms in total. The Hall–Kier alpha value is -2.97. The number of carbonyl (C=O) groups excluding carboxylic acids is 1. The minimum atomic E-state index is -0.258. The fraction of sp³-hybridized carbons (Fsp3) is 0.318. The molecule has 0 amide bonds. The van der Waals surface area contributed by atoms with E-state index in [0.717, 1.165) is 11.3 Å². The second kappa shape index (κ2) is 10.2. The summed E-state index contributed by atoms with van der Waals surface area (Å²) < 4.78 is 15.0. The summed E-state index contributed by atoms with van der Waals surface area (Å²) in [5.41, 5.74) is 7.77. The first-order valence-corrected chi connectivity index (χ1v) is 10.4. The lowest BCUT2D eigenvalue weighted by atomic mass is 10.00. The maximum absolute atomic E-state index is 12.7. The summed E-state index contributed by atoms with van der Waals surface area (Å²) in [6.07, 6.45) is 0.821. The fourth-order valence-electron chi connectivity index (χ4n) is 3.03. The van der Waals surface area contributed by atoms with Crippen molar-refractivity contribution in [1.29, 1.82) is 0 Å². The van der Waals surface area contributed by atoms with Gasteiger partial charge in [-0.3, -0.25) is 4.79 Å². The first kappa shape index (κ1) is 21.7. The highest BCUT2D eigenvalue weighted by molar-refractivity contribution is 7.09. The largest absolute Gasteiger partial charge is 0.497 e. The van der Waals surface area contributed by atoms with Crippen molar-refractivity contribution in [3.8, 4) is 11.5 Å². The van der Waals surface area contributed by atoms with Gasteiger partial charge in [-0.15, -0.1) is 0 Å². The molecule has 3 aromatic rings. The van der Waals surface area contributed by atoms with Gasteiger partial charge in [0.2, 0.25) is 5.13 Å². The van der Waals surface area contributed by atoms with Gasteiger partial charge in [-0.25, -0.2) is 4.98 Å². The number of nitrogens with two attached hydrogens (primary N) is 1. The van der Waals surface area contributed by atoms with Gasteiger partial charge in [-0.2, -0.15) is 4.37 Å². The van der Waals surface area contributed by atoms with Crippen LogP contribution in [0.3, 0.4) is 0 Å². The van der Waals surface area contributed by atoms with Crippen molar-refractivity contribution in [2.75, 3.05) is 19.5 Å². The third-order valence-electron chi connectivity index (χ3n) is 4.77. The van der Waals surface area contributed by atoms with Crippen molar-refractivity contribution >= 4 is 22.4 Å². The maximum atomic E-state index is 12.7. The molecule has 3 N–H and O–H groups in total. The van der Waals surface area contributed by atoms with Crippen LogP contribution in [0.4, 0.5) is 5.13 Å². The minimum Gasteiger partial charge on any atom is -0.497 e. The smallest absolute Gasteiger partial charge is 0.202 e. The molecular weight excluding hydrogens is 400 g/mol. The highest BCUT2D eigenvalue weighted by Gasteiger charge is 2.21. The highest BCUT2D eigenvalue weighted by atomic mass is 32.1. The molecule has 0 aliphatic carbocycles. The molecule has 158 valence electrons. The number of methoxy groups -OCH3 is 2. The minimum absolute atomic E-state index is 0.00575. The summed E-state index contributed by atoms with van der Waals surface area (Å²) in [6.45, 7) is 1.87. The summed E-state index contributed by atoms with van der Waals surface area (Å²) in [6, 6.07) is 14.4. The van der Waals surface area contributed by atoms with E-state index >= 15 is 0 Å². The molecule has 0 spiro atoms. The van der Waals surface area contributed by atoms with Gasteiger partial charge >= 0.3 is 0 Å². The van der Waals surface area contributed by atoms with E-state index in [9.17, 15) is 4.79 Å². The molecule has 1 heterocycles. The Morgan fingerprint density at radius 3 is 2.53 bits per heavy atom. The number of anilines is 1. The number of nitrogens with zero attached hydrogens (tertiary/aromatic N) is 2. The van der Waals surface area contributed by atoms with Crippen LogP contribution in [0, 0.1) is 0 Å². The number of benzene rings is 2. The number of rotatable bonds is 10. The van der Waals surface area contributed by atoms with E-state index in [4.69, 9.17) is 15.2 Å². The molecule has 0 aliphatic heterocycles.